The normalized spacial score (nSPS) is 15.7. The molecule has 0 spiro atoms. The van der Waals surface area contributed by atoms with Crippen molar-refractivity contribution in [3.8, 4) is 0 Å². The summed E-state index contributed by atoms with van der Waals surface area (Å²) in [6.07, 6.45) is 0.732. The van der Waals surface area contributed by atoms with E-state index in [2.05, 4.69) is 0 Å². The molecule has 0 rings (SSSR count). The zero-order valence-electron chi connectivity index (χ0n) is 10.6. The number of aliphatic hydroxyl groups is 1. The first-order valence-electron chi connectivity index (χ1n) is 5.22. The maximum absolute atomic E-state index is 11.4. The van der Waals surface area contributed by atoms with Gasteiger partial charge in [-0.3, -0.25) is 0 Å². The summed E-state index contributed by atoms with van der Waals surface area (Å²) in [5, 5.41) is 9.73. The lowest BCUT2D eigenvalue weighted by atomic mass is 9.89. The Morgan fingerprint density at radius 1 is 1.33 bits per heavy atom. The zero-order valence-corrected chi connectivity index (χ0v) is 10.6. The predicted molar refractivity (Wildman–Crippen MR) is 59.8 cm³/mol. The fourth-order valence-electron chi connectivity index (χ4n) is 1.45. The Hall–Kier alpha value is -0.770. The van der Waals surface area contributed by atoms with Crippen LogP contribution < -0.4 is 0 Å². The molecule has 0 saturated heterocycles. The van der Waals surface area contributed by atoms with Crippen LogP contribution in [0.4, 0.5) is 4.79 Å². The van der Waals surface area contributed by atoms with Crippen LogP contribution in [0.25, 0.3) is 0 Å². The third-order valence-corrected chi connectivity index (χ3v) is 2.25. The maximum atomic E-state index is 11.4. The summed E-state index contributed by atoms with van der Waals surface area (Å²) in [4.78, 5) is 12.8. The van der Waals surface area contributed by atoms with Gasteiger partial charge in [0.2, 0.25) is 0 Å². The second-order valence-corrected chi connectivity index (χ2v) is 5.06. The SMILES string of the molecule is CCC(C)(CC(C)(C)O)OC(=O)N(C)C. The number of carbonyl (C=O) groups excluding carboxylic acids is 1. The van der Waals surface area contributed by atoms with Crippen molar-refractivity contribution in [3.63, 3.8) is 0 Å². The van der Waals surface area contributed by atoms with Crippen molar-refractivity contribution >= 4 is 6.09 Å². The van der Waals surface area contributed by atoms with Crippen LogP contribution in [-0.4, -0.2) is 41.4 Å². The summed E-state index contributed by atoms with van der Waals surface area (Å²) in [5.74, 6) is 0. The minimum atomic E-state index is -0.836. The van der Waals surface area contributed by atoms with Gasteiger partial charge >= 0.3 is 6.09 Å². The number of nitrogens with zero attached hydrogens (tertiary/aromatic N) is 1. The quantitative estimate of drug-likeness (QED) is 0.783. The molecule has 15 heavy (non-hydrogen) atoms. The molecule has 0 fully saturated rings. The molecule has 4 heteroatoms. The van der Waals surface area contributed by atoms with Gasteiger partial charge in [0.15, 0.2) is 0 Å². The summed E-state index contributed by atoms with van der Waals surface area (Å²) in [6.45, 7) is 7.20. The monoisotopic (exact) mass is 217 g/mol. The van der Waals surface area contributed by atoms with E-state index in [0.29, 0.717) is 12.8 Å². The van der Waals surface area contributed by atoms with Gasteiger partial charge in [-0.15, -0.1) is 0 Å². The van der Waals surface area contributed by atoms with Crippen LogP contribution >= 0.6 is 0 Å². The Balaban J connectivity index is 4.51. The van der Waals surface area contributed by atoms with Crippen molar-refractivity contribution in [1.82, 2.24) is 4.90 Å². The Morgan fingerprint density at radius 2 is 1.80 bits per heavy atom. The van der Waals surface area contributed by atoms with Crippen LogP contribution in [0, 0.1) is 0 Å². The van der Waals surface area contributed by atoms with Gasteiger partial charge < -0.3 is 14.7 Å². The van der Waals surface area contributed by atoms with Gasteiger partial charge in [0.1, 0.15) is 5.60 Å². The second kappa shape index (κ2) is 4.84. The second-order valence-electron chi connectivity index (χ2n) is 5.06. The highest BCUT2D eigenvalue weighted by Crippen LogP contribution is 2.27. The van der Waals surface area contributed by atoms with Gasteiger partial charge in [0.25, 0.3) is 0 Å². The smallest absolute Gasteiger partial charge is 0.409 e. The van der Waals surface area contributed by atoms with Gasteiger partial charge in [-0.1, -0.05) is 6.92 Å². The molecule has 1 atom stereocenters. The first kappa shape index (κ1) is 14.2. The van der Waals surface area contributed by atoms with E-state index < -0.39 is 11.2 Å². The average Bonchev–Trinajstić information content (AvgIpc) is 2.00. The number of rotatable bonds is 4. The molecular weight excluding hydrogens is 194 g/mol. The Morgan fingerprint density at radius 3 is 2.07 bits per heavy atom. The predicted octanol–water partition coefficient (Wildman–Crippen LogP) is 2.01. The fraction of sp³-hybridized carbons (Fsp3) is 0.909. The standard InChI is InChI=1S/C11H23NO3/c1-7-11(4,8-10(2,3)14)15-9(13)12(5)6/h14H,7-8H2,1-6H3. The largest absolute Gasteiger partial charge is 0.443 e. The highest BCUT2D eigenvalue weighted by molar-refractivity contribution is 5.67. The van der Waals surface area contributed by atoms with Crippen molar-refractivity contribution in [2.45, 2.75) is 51.7 Å². The molecule has 4 nitrogen and oxygen atoms in total. The van der Waals surface area contributed by atoms with Crippen LogP contribution in [-0.2, 0) is 4.74 Å². The average molecular weight is 217 g/mol. The number of ether oxygens (including phenoxy) is 1. The molecule has 0 aliphatic carbocycles. The topological polar surface area (TPSA) is 49.8 Å². The van der Waals surface area contributed by atoms with Gasteiger partial charge in [-0.25, -0.2) is 4.79 Å². The molecule has 0 aliphatic rings. The summed E-state index contributed by atoms with van der Waals surface area (Å²) in [5.41, 5.74) is -1.45. The van der Waals surface area contributed by atoms with Crippen LogP contribution in [0.2, 0.25) is 0 Å². The minimum absolute atomic E-state index is 0.372. The van der Waals surface area contributed by atoms with Crippen LogP contribution in [0.15, 0.2) is 0 Å². The van der Waals surface area contributed by atoms with E-state index >= 15 is 0 Å². The minimum Gasteiger partial charge on any atom is -0.443 e. The third kappa shape index (κ3) is 5.62. The molecule has 1 amide bonds. The molecule has 0 heterocycles. The molecule has 0 radical (unpaired) electrons. The molecule has 0 bridgehead atoms. The molecule has 0 aromatic heterocycles. The van der Waals surface area contributed by atoms with E-state index in [1.807, 2.05) is 13.8 Å². The molecule has 90 valence electrons. The molecule has 1 unspecified atom stereocenters. The lowest BCUT2D eigenvalue weighted by Gasteiger charge is -2.34. The Kier molecular flexibility index (Phi) is 4.59. The molecule has 0 aromatic carbocycles. The van der Waals surface area contributed by atoms with Crippen LogP contribution in [0.5, 0.6) is 0 Å². The highest BCUT2D eigenvalue weighted by atomic mass is 16.6. The van der Waals surface area contributed by atoms with Crippen molar-refractivity contribution in [3.05, 3.63) is 0 Å². The molecular formula is C11H23NO3. The number of hydrogen-bond donors (Lipinski definition) is 1. The van der Waals surface area contributed by atoms with E-state index in [1.54, 1.807) is 27.9 Å². The van der Waals surface area contributed by atoms with Gasteiger partial charge in [-0.2, -0.15) is 0 Å². The molecule has 0 aliphatic heterocycles. The number of carbonyl (C=O) groups is 1. The van der Waals surface area contributed by atoms with Crippen molar-refractivity contribution in [2.75, 3.05) is 14.1 Å². The lowest BCUT2D eigenvalue weighted by Crippen LogP contribution is -2.41. The van der Waals surface area contributed by atoms with E-state index in [1.165, 1.54) is 4.90 Å². The number of amides is 1. The van der Waals surface area contributed by atoms with Gasteiger partial charge in [0, 0.05) is 20.5 Å². The van der Waals surface area contributed by atoms with Crippen LogP contribution in [0.3, 0.4) is 0 Å². The lowest BCUT2D eigenvalue weighted by molar-refractivity contribution is -0.0535. The molecule has 0 saturated carbocycles. The summed E-state index contributed by atoms with van der Waals surface area (Å²) < 4.78 is 5.35. The van der Waals surface area contributed by atoms with Crippen molar-refractivity contribution < 1.29 is 14.6 Å². The van der Waals surface area contributed by atoms with Gasteiger partial charge in [-0.05, 0) is 27.2 Å². The molecule has 1 N–H and O–H groups in total. The first-order valence-corrected chi connectivity index (χ1v) is 5.22. The van der Waals surface area contributed by atoms with Crippen molar-refractivity contribution in [2.24, 2.45) is 0 Å². The summed E-state index contributed by atoms with van der Waals surface area (Å²) >= 11 is 0. The van der Waals surface area contributed by atoms with E-state index in [9.17, 15) is 9.90 Å². The first-order chi connectivity index (χ1) is 6.59. The maximum Gasteiger partial charge on any atom is 0.409 e. The zero-order chi connectivity index (χ0) is 12.3. The van der Waals surface area contributed by atoms with E-state index in [0.717, 1.165) is 0 Å². The Labute approximate surface area is 92.2 Å². The number of hydrogen-bond acceptors (Lipinski definition) is 3. The van der Waals surface area contributed by atoms with Gasteiger partial charge in [0.05, 0.1) is 5.60 Å². The third-order valence-electron chi connectivity index (χ3n) is 2.25. The van der Waals surface area contributed by atoms with Crippen LogP contribution in [0.1, 0.15) is 40.5 Å². The Bertz CT molecular complexity index is 220. The van der Waals surface area contributed by atoms with E-state index in [4.69, 9.17) is 4.74 Å². The fourth-order valence-corrected chi connectivity index (χ4v) is 1.45. The summed E-state index contributed by atoms with van der Waals surface area (Å²) in [7, 11) is 3.28. The van der Waals surface area contributed by atoms with Crippen molar-refractivity contribution in [1.29, 1.82) is 0 Å². The summed E-state index contributed by atoms with van der Waals surface area (Å²) in [6, 6.07) is 0. The van der Waals surface area contributed by atoms with E-state index in [-0.39, 0.29) is 6.09 Å². The molecule has 0 aromatic rings. The highest BCUT2D eigenvalue weighted by Gasteiger charge is 2.33.